The molecule has 1 aliphatic heterocycles. The van der Waals surface area contributed by atoms with Crippen LogP contribution in [0.5, 0.6) is 0 Å². The molecule has 0 aromatic heterocycles. The Morgan fingerprint density at radius 1 is 1.12 bits per heavy atom. The van der Waals surface area contributed by atoms with Gasteiger partial charge in [0, 0.05) is 49.4 Å². The van der Waals surface area contributed by atoms with Crippen LogP contribution in [-0.4, -0.2) is 66.3 Å². The van der Waals surface area contributed by atoms with Crippen LogP contribution in [0.3, 0.4) is 0 Å². The highest BCUT2D eigenvalue weighted by atomic mass is 35.5. The minimum atomic E-state index is -4.25. The molecule has 0 bridgehead atoms. The number of anilines is 2. The highest BCUT2D eigenvalue weighted by Gasteiger charge is 2.31. The van der Waals surface area contributed by atoms with Crippen LogP contribution in [-0.2, 0) is 11.3 Å². The van der Waals surface area contributed by atoms with Gasteiger partial charge < -0.3 is 20.6 Å². The van der Waals surface area contributed by atoms with Crippen LogP contribution >= 0.6 is 11.6 Å². The predicted octanol–water partition coefficient (Wildman–Crippen LogP) is 5.36. The molecule has 0 radical (unpaired) electrons. The Hall–Kier alpha value is -2.96. The summed E-state index contributed by atoms with van der Waals surface area (Å²) >= 11 is 6.20. The van der Waals surface area contributed by atoms with E-state index in [-0.39, 0.29) is 42.7 Å². The van der Waals surface area contributed by atoms with Gasteiger partial charge in [0.15, 0.2) is 11.6 Å². The number of nitrogens with zero attached hydrogens (tertiary/aromatic N) is 2. The van der Waals surface area contributed by atoms with Gasteiger partial charge in [-0.05, 0) is 43.5 Å². The fraction of sp³-hybridized carbons (Fsp3) is 0.500. The molecule has 2 amide bonds. The number of nitrogens with one attached hydrogen (secondary N) is 2. The van der Waals surface area contributed by atoms with Crippen molar-refractivity contribution in [1.29, 1.82) is 0 Å². The zero-order valence-corrected chi connectivity index (χ0v) is 23.8. The van der Waals surface area contributed by atoms with Gasteiger partial charge in [0.1, 0.15) is 6.10 Å². The molecule has 3 N–H and O–H groups in total. The number of aliphatic hydroxyl groups excluding tert-OH is 1. The van der Waals surface area contributed by atoms with Crippen LogP contribution in [0.2, 0.25) is 5.02 Å². The number of carbonyl (C=O) groups excluding carboxylic acids is 2. The highest BCUT2D eigenvalue weighted by molar-refractivity contribution is 6.31. The van der Waals surface area contributed by atoms with Crippen molar-refractivity contribution in [2.24, 2.45) is 5.92 Å². The van der Waals surface area contributed by atoms with Gasteiger partial charge in [0.2, 0.25) is 5.91 Å². The Morgan fingerprint density at radius 2 is 1.83 bits per heavy atom. The maximum absolute atomic E-state index is 14.9. The first-order valence-electron chi connectivity index (χ1n) is 13.3. The number of benzene rings is 2. The van der Waals surface area contributed by atoms with Gasteiger partial charge in [-0.25, -0.2) is 8.78 Å². The lowest BCUT2D eigenvalue weighted by Gasteiger charge is -2.42. The molecule has 1 fully saturated rings. The topological polar surface area (TPSA) is 84.9 Å². The zero-order valence-electron chi connectivity index (χ0n) is 23.0. The number of halogens is 6. The molecule has 0 saturated carbocycles. The van der Waals surface area contributed by atoms with E-state index >= 15 is 0 Å². The number of aliphatic hydroxyl groups is 1. The van der Waals surface area contributed by atoms with E-state index in [4.69, 9.17) is 11.6 Å². The molecule has 0 aliphatic carbocycles. The second-order valence-corrected chi connectivity index (χ2v) is 11.0. The summed E-state index contributed by atoms with van der Waals surface area (Å²) in [7, 11) is 0. The SMILES string of the molecule is CC(C)C[C@@H](O)C(=O)NCc1ccc(C(=O)Nc2ccc(Cl)cc2N2CCN(CCC(F)(F)F)C[C@@H]2C)c(F)c1F. The molecular weight excluding hydrogens is 571 g/mol. The Bertz CT molecular complexity index is 1240. The highest BCUT2D eigenvalue weighted by Crippen LogP contribution is 2.33. The van der Waals surface area contributed by atoms with Gasteiger partial charge in [0.25, 0.3) is 5.91 Å². The summed E-state index contributed by atoms with van der Waals surface area (Å²) in [5, 5.41) is 15.2. The van der Waals surface area contributed by atoms with E-state index in [1.807, 2.05) is 25.7 Å². The van der Waals surface area contributed by atoms with E-state index in [1.54, 1.807) is 11.0 Å². The molecule has 2 aromatic carbocycles. The minimum absolute atomic E-state index is 0.0555. The van der Waals surface area contributed by atoms with E-state index in [0.717, 1.165) is 6.07 Å². The molecule has 3 rings (SSSR count). The standard InChI is InChI=1S/C28H34ClF5N4O3/c1-16(2)12-23(39)27(41)35-14-18-4-6-20(25(31)24(18)30)26(40)36-21-7-5-19(29)13-22(21)38-11-10-37(15-17(38)3)9-8-28(32,33)34/h4-7,13,16-17,23,39H,8-12,14-15H2,1-3H3,(H,35,41)(H,36,40)/t17-,23+/m0/s1. The van der Waals surface area contributed by atoms with Gasteiger partial charge in [-0.3, -0.25) is 14.5 Å². The molecule has 13 heteroatoms. The summed E-state index contributed by atoms with van der Waals surface area (Å²) in [6.07, 6.45) is -6.24. The summed E-state index contributed by atoms with van der Waals surface area (Å²) in [6.45, 7) is 6.04. The van der Waals surface area contributed by atoms with Crippen molar-refractivity contribution in [3.05, 3.63) is 58.1 Å². The van der Waals surface area contributed by atoms with Gasteiger partial charge in [0.05, 0.1) is 23.4 Å². The Labute approximate surface area is 240 Å². The first-order chi connectivity index (χ1) is 19.2. The number of hydrogen-bond acceptors (Lipinski definition) is 5. The third-order valence-electron chi connectivity index (χ3n) is 6.80. The van der Waals surface area contributed by atoms with E-state index in [0.29, 0.717) is 30.3 Å². The average Bonchev–Trinajstić information content (AvgIpc) is 2.88. The number of hydrogen-bond donors (Lipinski definition) is 3. The van der Waals surface area contributed by atoms with Gasteiger partial charge >= 0.3 is 6.18 Å². The monoisotopic (exact) mass is 604 g/mol. The van der Waals surface area contributed by atoms with Crippen molar-refractivity contribution >= 4 is 34.8 Å². The third-order valence-corrected chi connectivity index (χ3v) is 7.03. The summed E-state index contributed by atoms with van der Waals surface area (Å²) < 4.78 is 67.7. The number of carbonyl (C=O) groups is 2. The minimum Gasteiger partial charge on any atom is -0.383 e. The maximum Gasteiger partial charge on any atom is 0.390 e. The van der Waals surface area contributed by atoms with Crippen LogP contribution in [0.1, 0.15) is 49.5 Å². The summed E-state index contributed by atoms with van der Waals surface area (Å²) in [5.41, 5.74) is -0.00356. The number of piperazine rings is 1. The summed E-state index contributed by atoms with van der Waals surface area (Å²) in [5.74, 6) is -4.30. The molecule has 0 spiro atoms. The molecule has 0 unspecified atom stereocenters. The molecule has 1 saturated heterocycles. The van der Waals surface area contributed by atoms with Crippen LogP contribution in [0.25, 0.3) is 0 Å². The molecular formula is C28H34ClF5N4O3. The van der Waals surface area contributed by atoms with E-state index in [9.17, 15) is 36.6 Å². The summed E-state index contributed by atoms with van der Waals surface area (Å²) in [6, 6.07) is 6.66. The first kappa shape index (κ1) is 32.6. The van der Waals surface area contributed by atoms with Crippen molar-refractivity contribution < 1.29 is 36.6 Å². The Morgan fingerprint density at radius 3 is 2.46 bits per heavy atom. The lowest BCUT2D eigenvalue weighted by Crippen LogP contribution is -2.52. The second-order valence-electron chi connectivity index (χ2n) is 10.6. The Balaban J connectivity index is 1.72. The molecule has 1 heterocycles. The molecule has 7 nitrogen and oxygen atoms in total. The first-order valence-corrected chi connectivity index (χ1v) is 13.6. The van der Waals surface area contributed by atoms with Crippen LogP contribution in [0, 0.1) is 17.6 Å². The van der Waals surface area contributed by atoms with Gasteiger partial charge in [-0.1, -0.05) is 31.5 Å². The van der Waals surface area contributed by atoms with E-state index in [1.165, 1.54) is 18.2 Å². The van der Waals surface area contributed by atoms with Crippen molar-refractivity contribution in [2.45, 2.75) is 58.5 Å². The molecule has 2 aromatic rings. The molecule has 2 atom stereocenters. The fourth-order valence-electron chi connectivity index (χ4n) is 4.67. The van der Waals surface area contributed by atoms with E-state index in [2.05, 4.69) is 10.6 Å². The summed E-state index contributed by atoms with van der Waals surface area (Å²) in [4.78, 5) is 28.6. The number of amides is 2. The number of alkyl halides is 3. The van der Waals surface area contributed by atoms with E-state index < -0.39 is 47.7 Å². The van der Waals surface area contributed by atoms with Crippen molar-refractivity contribution in [3.63, 3.8) is 0 Å². The molecule has 41 heavy (non-hydrogen) atoms. The Kier molecular flexibility index (Phi) is 11.0. The fourth-order valence-corrected chi connectivity index (χ4v) is 4.84. The van der Waals surface area contributed by atoms with Crippen molar-refractivity contribution in [3.8, 4) is 0 Å². The van der Waals surface area contributed by atoms with Crippen LogP contribution in [0.15, 0.2) is 30.3 Å². The van der Waals surface area contributed by atoms with Crippen LogP contribution in [0.4, 0.5) is 33.3 Å². The van der Waals surface area contributed by atoms with Crippen molar-refractivity contribution in [1.82, 2.24) is 10.2 Å². The van der Waals surface area contributed by atoms with Crippen LogP contribution < -0.4 is 15.5 Å². The third kappa shape index (κ3) is 9.01. The lowest BCUT2D eigenvalue weighted by molar-refractivity contribution is -0.138. The van der Waals surface area contributed by atoms with Gasteiger partial charge in [-0.15, -0.1) is 0 Å². The number of rotatable bonds is 10. The molecule has 1 aliphatic rings. The quantitative estimate of drug-likeness (QED) is 0.318. The van der Waals surface area contributed by atoms with Crippen molar-refractivity contribution in [2.75, 3.05) is 36.4 Å². The maximum atomic E-state index is 14.9. The average molecular weight is 605 g/mol. The smallest absolute Gasteiger partial charge is 0.383 e. The van der Waals surface area contributed by atoms with Gasteiger partial charge in [-0.2, -0.15) is 13.2 Å². The largest absolute Gasteiger partial charge is 0.390 e. The lowest BCUT2D eigenvalue weighted by atomic mass is 10.1. The normalized spacial score (nSPS) is 17.0. The molecule has 226 valence electrons. The zero-order chi connectivity index (χ0) is 30.5. The predicted molar refractivity (Wildman–Crippen MR) is 147 cm³/mol. The second kappa shape index (κ2) is 13.8.